The van der Waals surface area contributed by atoms with Gasteiger partial charge in [0, 0.05) is 23.4 Å². The smallest absolute Gasteiger partial charge is 0.380 e. The van der Waals surface area contributed by atoms with Crippen molar-refractivity contribution in [1.29, 1.82) is 0 Å². The minimum Gasteiger partial charge on any atom is -0.380 e. The first-order valence-electron chi connectivity index (χ1n) is 10.8. The number of carbonyl (C=O) groups excluding carboxylic acids is 2. The summed E-state index contributed by atoms with van der Waals surface area (Å²) in [5.41, 5.74) is 1.99. The lowest BCUT2D eigenvalue weighted by molar-refractivity contribution is -0.138. The lowest BCUT2D eigenvalue weighted by Gasteiger charge is -2.18. The number of amides is 2. The van der Waals surface area contributed by atoms with Gasteiger partial charge in [0.15, 0.2) is 11.6 Å². The molecule has 2 atom stereocenters. The Bertz CT molecular complexity index is 1230. The molecule has 0 spiro atoms. The molecule has 1 fully saturated rings. The molecule has 1 aromatic heterocycles. The Morgan fingerprint density at radius 2 is 1.86 bits per heavy atom. The van der Waals surface area contributed by atoms with E-state index in [4.69, 9.17) is 9.36 Å². The van der Waals surface area contributed by atoms with Crippen LogP contribution in [-0.4, -0.2) is 28.5 Å². The molecule has 2 amide bonds. The second-order valence-electron chi connectivity index (χ2n) is 9.22. The first-order valence-corrected chi connectivity index (χ1v) is 10.8. The third-order valence-electron chi connectivity index (χ3n) is 5.57. The number of benzene rings is 2. The van der Waals surface area contributed by atoms with Crippen molar-refractivity contribution < 1.29 is 32.1 Å². The maximum Gasteiger partial charge on any atom is 0.416 e. The number of aromatic nitrogens is 2. The summed E-state index contributed by atoms with van der Waals surface area (Å²) >= 11 is 0. The summed E-state index contributed by atoms with van der Waals surface area (Å²) in [5.74, 6) is -2.21. The van der Waals surface area contributed by atoms with E-state index in [1.54, 1.807) is 24.3 Å². The maximum atomic E-state index is 13.1. The largest absolute Gasteiger partial charge is 0.416 e. The lowest BCUT2D eigenvalue weighted by atomic mass is 9.87. The summed E-state index contributed by atoms with van der Waals surface area (Å²) in [5, 5.41) is 6.51. The maximum absolute atomic E-state index is 13.1. The van der Waals surface area contributed by atoms with E-state index in [1.165, 1.54) is 12.1 Å². The fraction of sp³-hybridized carbons (Fsp3) is 0.333. The Labute approximate surface area is 198 Å². The van der Waals surface area contributed by atoms with Crippen molar-refractivity contribution in [2.45, 2.75) is 38.3 Å². The molecule has 0 aliphatic carbocycles. The molecule has 0 radical (unpaired) electrons. The third-order valence-corrected chi connectivity index (χ3v) is 5.57. The predicted octanol–water partition coefficient (Wildman–Crippen LogP) is 3.99. The van der Waals surface area contributed by atoms with E-state index in [0.29, 0.717) is 17.3 Å². The van der Waals surface area contributed by atoms with Gasteiger partial charge in [-0.15, -0.1) is 0 Å². The van der Waals surface area contributed by atoms with E-state index in [2.05, 4.69) is 20.9 Å². The van der Waals surface area contributed by atoms with Crippen LogP contribution >= 0.6 is 0 Å². The van der Waals surface area contributed by atoms with Crippen LogP contribution in [0.2, 0.25) is 0 Å². The van der Waals surface area contributed by atoms with Gasteiger partial charge in [-0.25, -0.2) is 0 Å². The van der Waals surface area contributed by atoms with E-state index in [0.717, 1.165) is 12.1 Å². The van der Waals surface area contributed by atoms with Gasteiger partial charge >= 0.3 is 6.18 Å². The van der Waals surface area contributed by atoms with Gasteiger partial charge in [0.25, 0.3) is 11.8 Å². The number of alkyl halides is 3. The van der Waals surface area contributed by atoms with Crippen molar-refractivity contribution in [3.05, 3.63) is 65.5 Å². The molecule has 2 N–H and O–H groups in total. The zero-order valence-corrected chi connectivity index (χ0v) is 19.1. The molecule has 0 unspecified atom stereocenters. The highest BCUT2D eigenvalue weighted by molar-refractivity contribution is 6.02. The van der Waals surface area contributed by atoms with Crippen molar-refractivity contribution in [1.82, 2.24) is 20.9 Å². The van der Waals surface area contributed by atoms with Crippen LogP contribution in [0.15, 0.2) is 53.1 Å². The molecular weight excluding hydrogens is 465 g/mol. The monoisotopic (exact) mass is 488 g/mol. The van der Waals surface area contributed by atoms with E-state index in [-0.39, 0.29) is 23.3 Å². The fourth-order valence-corrected chi connectivity index (χ4v) is 3.66. The second-order valence-corrected chi connectivity index (χ2v) is 9.22. The topological polar surface area (TPSA) is 106 Å². The van der Waals surface area contributed by atoms with Crippen LogP contribution < -0.4 is 15.6 Å². The summed E-state index contributed by atoms with van der Waals surface area (Å²) in [6.45, 7) is 5.92. The highest BCUT2D eigenvalue weighted by Gasteiger charge is 2.42. The zero-order valence-electron chi connectivity index (χ0n) is 19.1. The fourth-order valence-electron chi connectivity index (χ4n) is 3.66. The molecule has 4 rings (SSSR count). The van der Waals surface area contributed by atoms with Gasteiger partial charge in [-0.3, -0.25) is 9.59 Å². The summed E-state index contributed by atoms with van der Waals surface area (Å²) in [6, 6.07) is 11.1. The number of rotatable bonds is 5. The van der Waals surface area contributed by atoms with Crippen molar-refractivity contribution in [3.8, 4) is 17.2 Å². The molecule has 184 valence electrons. The molecule has 11 heteroatoms. The molecule has 0 bridgehead atoms. The predicted molar refractivity (Wildman–Crippen MR) is 118 cm³/mol. The van der Waals surface area contributed by atoms with Crippen molar-refractivity contribution in [2.24, 2.45) is 5.92 Å². The van der Waals surface area contributed by atoms with Gasteiger partial charge in [-0.1, -0.05) is 44.1 Å². The number of hydrogen-bond acceptors (Lipinski definition) is 6. The number of nitrogens with one attached hydrogen (secondary N) is 2. The van der Waals surface area contributed by atoms with E-state index < -0.39 is 35.4 Å². The summed E-state index contributed by atoms with van der Waals surface area (Å²) in [7, 11) is 0. The van der Waals surface area contributed by atoms with E-state index in [9.17, 15) is 22.8 Å². The first-order chi connectivity index (χ1) is 16.4. The zero-order chi connectivity index (χ0) is 25.4. The molecule has 3 aromatic rings. The van der Waals surface area contributed by atoms with Gasteiger partial charge in [-0.05, 0) is 35.9 Å². The normalized spacial score (nSPS) is 18.3. The Morgan fingerprint density at radius 3 is 2.49 bits per heavy atom. The Kier molecular flexibility index (Phi) is 6.27. The third kappa shape index (κ3) is 5.28. The molecule has 2 aromatic carbocycles. The van der Waals surface area contributed by atoms with E-state index >= 15 is 0 Å². The van der Waals surface area contributed by atoms with Crippen molar-refractivity contribution in [3.63, 3.8) is 0 Å². The Balaban J connectivity index is 1.43. The average Bonchev–Trinajstić information content (AvgIpc) is 3.45. The van der Waals surface area contributed by atoms with Crippen molar-refractivity contribution >= 4 is 11.8 Å². The Morgan fingerprint density at radius 1 is 1.14 bits per heavy atom. The summed E-state index contributed by atoms with van der Waals surface area (Å²) in [4.78, 5) is 34.7. The van der Waals surface area contributed by atoms with Crippen LogP contribution in [0.25, 0.3) is 11.5 Å². The van der Waals surface area contributed by atoms with Crippen LogP contribution in [0, 0.1) is 5.92 Å². The number of hydroxylamine groups is 1. The van der Waals surface area contributed by atoms with Crippen LogP contribution in [-0.2, 0) is 21.2 Å². The van der Waals surface area contributed by atoms with Crippen LogP contribution in [0.3, 0.4) is 0 Å². The quantitative estimate of drug-likeness (QED) is 0.416. The minimum absolute atomic E-state index is 0.0354. The molecule has 2 heterocycles. The number of nitrogens with zero attached hydrogens (tertiary/aromatic N) is 2. The van der Waals surface area contributed by atoms with Gasteiger partial charge in [-0.2, -0.15) is 23.6 Å². The van der Waals surface area contributed by atoms with Crippen LogP contribution in [0.5, 0.6) is 5.75 Å². The number of hydrogen-bond donors (Lipinski definition) is 2. The van der Waals surface area contributed by atoms with Gasteiger partial charge in [0.05, 0.1) is 5.56 Å². The SMILES string of the molecule is CC(C)(C)c1noc(-c2ccc(ONC(=O)[C@H]3C(=O)NC[C@@H]3c3cccc(C(F)(F)F)c3)cc2)n1. The second kappa shape index (κ2) is 9.05. The molecular formula is C24H23F3N4O4. The Hall–Kier alpha value is -3.89. The molecule has 8 nitrogen and oxygen atoms in total. The standard InChI is InChI=1S/C24H23F3N4O4/c1-23(2,3)22-29-21(35-31-22)13-7-9-16(10-8-13)34-30-20(33)18-17(12-28-19(18)32)14-5-4-6-15(11-14)24(25,26)27/h4-11,17-18H,12H2,1-3H3,(H,28,32)(H,30,33)/t17-,18-/m1/s1. The highest BCUT2D eigenvalue weighted by Crippen LogP contribution is 2.35. The van der Waals surface area contributed by atoms with Crippen LogP contribution in [0.4, 0.5) is 13.2 Å². The summed E-state index contributed by atoms with van der Waals surface area (Å²) in [6.07, 6.45) is -4.53. The molecule has 1 saturated heterocycles. The number of halogens is 3. The van der Waals surface area contributed by atoms with E-state index in [1.807, 2.05) is 20.8 Å². The lowest BCUT2D eigenvalue weighted by Crippen LogP contribution is -2.38. The van der Waals surface area contributed by atoms with Crippen molar-refractivity contribution in [2.75, 3.05) is 6.54 Å². The van der Waals surface area contributed by atoms with Crippen LogP contribution in [0.1, 0.15) is 43.6 Å². The first kappa shape index (κ1) is 24.2. The molecule has 0 saturated carbocycles. The molecule has 35 heavy (non-hydrogen) atoms. The van der Waals surface area contributed by atoms with Gasteiger partial charge in [0.1, 0.15) is 5.92 Å². The number of carbonyl (C=O) groups is 2. The average molecular weight is 488 g/mol. The minimum atomic E-state index is -4.53. The summed E-state index contributed by atoms with van der Waals surface area (Å²) < 4.78 is 44.6. The molecule has 1 aliphatic heterocycles. The van der Waals surface area contributed by atoms with Gasteiger partial charge in [0.2, 0.25) is 5.91 Å². The highest BCUT2D eigenvalue weighted by atomic mass is 19.4. The van der Waals surface area contributed by atoms with Gasteiger partial charge < -0.3 is 14.7 Å². The molecule has 1 aliphatic rings.